The van der Waals surface area contributed by atoms with E-state index in [1.807, 2.05) is 60.7 Å². The molecular formula is C22H28N2O4. The lowest BCUT2D eigenvalue weighted by molar-refractivity contribution is 0.0734. The molecule has 0 saturated carbocycles. The molecule has 0 aromatic heterocycles. The number of amides is 1. The van der Waals surface area contributed by atoms with E-state index in [9.17, 15) is 15.0 Å². The highest BCUT2D eigenvalue weighted by Gasteiger charge is 2.31. The average Bonchev–Trinajstić information content (AvgIpc) is 3.20. The number of nitrogens with one attached hydrogen (secondary N) is 1. The summed E-state index contributed by atoms with van der Waals surface area (Å²) in [5.74, 6) is 0. The quantitative estimate of drug-likeness (QED) is 0.651. The normalized spacial score (nSPS) is 19.1. The molecule has 0 radical (unpaired) electrons. The molecule has 0 spiro atoms. The number of alkyl carbamates (subject to hydrolysis) is 1. The Hall–Kier alpha value is -2.41. The van der Waals surface area contributed by atoms with Crippen molar-refractivity contribution < 1.29 is 19.7 Å². The Balaban J connectivity index is 1.65. The number of benzene rings is 2. The summed E-state index contributed by atoms with van der Waals surface area (Å²) in [6, 6.07) is 18.3. The van der Waals surface area contributed by atoms with Crippen LogP contribution in [0.3, 0.4) is 0 Å². The number of ether oxygens (including phenoxy) is 1. The van der Waals surface area contributed by atoms with Crippen molar-refractivity contribution in [3.63, 3.8) is 0 Å². The van der Waals surface area contributed by atoms with Crippen molar-refractivity contribution in [3.8, 4) is 0 Å². The highest BCUT2D eigenvalue weighted by Crippen LogP contribution is 2.22. The summed E-state index contributed by atoms with van der Waals surface area (Å²) in [5.41, 5.74) is 1.63. The summed E-state index contributed by atoms with van der Waals surface area (Å²) in [6.07, 6.45) is 0.481. The predicted molar refractivity (Wildman–Crippen MR) is 107 cm³/mol. The van der Waals surface area contributed by atoms with E-state index in [4.69, 9.17) is 4.74 Å². The third kappa shape index (κ3) is 5.55. The second-order valence-corrected chi connectivity index (χ2v) is 7.14. The molecule has 2 aromatic carbocycles. The number of carbonyl (C=O) groups is 1. The van der Waals surface area contributed by atoms with E-state index in [2.05, 4.69) is 10.2 Å². The lowest BCUT2D eigenvalue weighted by Crippen LogP contribution is -2.49. The zero-order chi connectivity index (χ0) is 19.8. The number of carbonyl (C=O) groups excluding carboxylic acids is 1. The highest BCUT2D eigenvalue weighted by molar-refractivity contribution is 5.67. The van der Waals surface area contributed by atoms with Gasteiger partial charge < -0.3 is 20.3 Å². The first-order chi connectivity index (χ1) is 13.7. The minimum absolute atomic E-state index is 0.0626. The number of hydrogen-bond acceptors (Lipinski definition) is 5. The van der Waals surface area contributed by atoms with Crippen LogP contribution >= 0.6 is 0 Å². The Kier molecular flexibility index (Phi) is 7.42. The van der Waals surface area contributed by atoms with E-state index in [0.29, 0.717) is 6.54 Å². The number of aliphatic hydroxyl groups excluding tert-OH is 2. The van der Waals surface area contributed by atoms with Gasteiger partial charge in [-0.3, -0.25) is 4.90 Å². The second-order valence-electron chi connectivity index (χ2n) is 7.14. The Morgan fingerprint density at radius 3 is 2.50 bits per heavy atom. The molecule has 1 saturated heterocycles. The van der Waals surface area contributed by atoms with Crippen molar-refractivity contribution in [3.05, 3.63) is 71.8 Å². The molecule has 1 aliphatic rings. The van der Waals surface area contributed by atoms with Crippen LogP contribution in [-0.4, -0.2) is 53.0 Å². The molecule has 1 heterocycles. The number of likely N-dealkylation sites (tertiary alicyclic amines) is 1. The maximum Gasteiger partial charge on any atom is 0.407 e. The molecule has 0 aliphatic carbocycles. The van der Waals surface area contributed by atoms with Crippen LogP contribution in [0.15, 0.2) is 60.7 Å². The van der Waals surface area contributed by atoms with Crippen LogP contribution in [0.5, 0.6) is 0 Å². The van der Waals surface area contributed by atoms with Crippen molar-refractivity contribution in [1.82, 2.24) is 10.2 Å². The van der Waals surface area contributed by atoms with Gasteiger partial charge in [-0.15, -0.1) is 0 Å². The van der Waals surface area contributed by atoms with E-state index >= 15 is 0 Å². The van der Waals surface area contributed by atoms with Crippen LogP contribution in [0.2, 0.25) is 0 Å². The largest absolute Gasteiger partial charge is 0.445 e. The SMILES string of the molecule is O=C(N[C@@H](CN1CCC[C@H]1CO)[C@@H](O)c1ccccc1)OCc1ccccc1. The fourth-order valence-corrected chi connectivity index (χ4v) is 3.62. The summed E-state index contributed by atoms with van der Waals surface area (Å²) in [5, 5.41) is 23.3. The lowest BCUT2D eigenvalue weighted by atomic mass is 10.0. The van der Waals surface area contributed by atoms with Gasteiger partial charge >= 0.3 is 6.09 Å². The van der Waals surface area contributed by atoms with Gasteiger partial charge in [0, 0.05) is 12.6 Å². The first-order valence-electron chi connectivity index (χ1n) is 9.72. The van der Waals surface area contributed by atoms with Crippen molar-refractivity contribution in [1.29, 1.82) is 0 Å². The molecule has 150 valence electrons. The van der Waals surface area contributed by atoms with E-state index in [-0.39, 0.29) is 19.3 Å². The van der Waals surface area contributed by atoms with Crippen molar-refractivity contribution >= 4 is 6.09 Å². The maximum absolute atomic E-state index is 12.4. The molecular weight excluding hydrogens is 356 g/mol. The van der Waals surface area contributed by atoms with Gasteiger partial charge in [0.15, 0.2) is 0 Å². The Labute approximate surface area is 165 Å². The average molecular weight is 384 g/mol. The van der Waals surface area contributed by atoms with Gasteiger partial charge in [0.2, 0.25) is 0 Å². The van der Waals surface area contributed by atoms with Gasteiger partial charge in [0.25, 0.3) is 0 Å². The van der Waals surface area contributed by atoms with Gasteiger partial charge in [0.05, 0.1) is 12.6 Å². The molecule has 28 heavy (non-hydrogen) atoms. The lowest BCUT2D eigenvalue weighted by Gasteiger charge is -2.31. The monoisotopic (exact) mass is 384 g/mol. The molecule has 2 aromatic rings. The summed E-state index contributed by atoms with van der Waals surface area (Å²) >= 11 is 0. The van der Waals surface area contributed by atoms with Gasteiger partial charge in [0.1, 0.15) is 12.7 Å². The zero-order valence-electron chi connectivity index (χ0n) is 15.9. The zero-order valence-corrected chi connectivity index (χ0v) is 15.9. The molecule has 3 rings (SSSR count). The van der Waals surface area contributed by atoms with Gasteiger partial charge in [-0.2, -0.15) is 0 Å². The molecule has 1 fully saturated rings. The van der Waals surface area contributed by atoms with Crippen molar-refractivity contribution in [2.75, 3.05) is 19.7 Å². The number of aliphatic hydroxyl groups is 2. The summed E-state index contributed by atoms with van der Waals surface area (Å²) in [4.78, 5) is 14.5. The molecule has 6 heteroatoms. The molecule has 0 unspecified atom stereocenters. The first-order valence-corrected chi connectivity index (χ1v) is 9.72. The molecule has 3 N–H and O–H groups in total. The van der Waals surface area contributed by atoms with E-state index in [0.717, 1.165) is 30.5 Å². The van der Waals surface area contributed by atoms with Gasteiger partial charge in [-0.25, -0.2) is 4.79 Å². The summed E-state index contributed by atoms with van der Waals surface area (Å²) in [6.45, 7) is 1.53. The van der Waals surface area contributed by atoms with Crippen LogP contribution in [-0.2, 0) is 11.3 Å². The van der Waals surface area contributed by atoms with E-state index in [1.54, 1.807) is 0 Å². The molecule has 3 atom stereocenters. The number of nitrogens with zero attached hydrogens (tertiary/aromatic N) is 1. The number of rotatable bonds is 8. The van der Waals surface area contributed by atoms with Crippen molar-refractivity contribution in [2.24, 2.45) is 0 Å². The van der Waals surface area contributed by atoms with E-state index < -0.39 is 18.2 Å². The van der Waals surface area contributed by atoms with E-state index in [1.165, 1.54) is 0 Å². The topological polar surface area (TPSA) is 82.0 Å². The minimum atomic E-state index is -0.870. The van der Waals surface area contributed by atoms with Crippen LogP contribution < -0.4 is 5.32 Å². The standard InChI is InChI=1S/C22H28N2O4/c25-15-19-12-7-13-24(19)14-20(21(26)18-10-5-2-6-11-18)23-22(27)28-16-17-8-3-1-4-9-17/h1-6,8-11,19-21,25-26H,7,12-16H2,(H,23,27)/t19-,20-,21-/m0/s1. The van der Waals surface area contributed by atoms with Crippen LogP contribution in [0.4, 0.5) is 4.79 Å². The second kappa shape index (κ2) is 10.2. The smallest absolute Gasteiger partial charge is 0.407 e. The fraction of sp³-hybridized carbons (Fsp3) is 0.409. The van der Waals surface area contributed by atoms with Crippen LogP contribution in [0.1, 0.15) is 30.1 Å². The molecule has 0 bridgehead atoms. The Morgan fingerprint density at radius 1 is 1.14 bits per heavy atom. The van der Waals surface area contributed by atoms with Crippen LogP contribution in [0.25, 0.3) is 0 Å². The molecule has 1 aliphatic heterocycles. The predicted octanol–water partition coefficient (Wildman–Crippen LogP) is 2.47. The Morgan fingerprint density at radius 2 is 1.82 bits per heavy atom. The third-order valence-electron chi connectivity index (χ3n) is 5.18. The minimum Gasteiger partial charge on any atom is -0.445 e. The fourth-order valence-electron chi connectivity index (χ4n) is 3.62. The third-order valence-corrected chi connectivity index (χ3v) is 5.18. The molecule has 6 nitrogen and oxygen atoms in total. The van der Waals surface area contributed by atoms with Gasteiger partial charge in [-0.05, 0) is 30.5 Å². The summed E-state index contributed by atoms with van der Waals surface area (Å²) in [7, 11) is 0. The molecule has 1 amide bonds. The van der Waals surface area contributed by atoms with Gasteiger partial charge in [-0.1, -0.05) is 60.7 Å². The highest BCUT2D eigenvalue weighted by atomic mass is 16.5. The van der Waals surface area contributed by atoms with Crippen molar-refractivity contribution in [2.45, 2.75) is 37.6 Å². The summed E-state index contributed by atoms with van der Waals surface area (Å²) < 4.78 is 5.33. The maximum atomic E-state index is 12.4. The van der Waals surface area contributed by atoms with Crippen LogP contribution in [0, 0.1) is 0 Å². The Bertz CT molecular complexity index is 726. The first kappa shape index (κ1) is 20.3. The number of hydrogen-bond donors (Lipinski definition) is 3.